The van der Waals surface area contributed by atoms with Crippen LogP contribution < -0.4 is 10.6 Å². The van der Waals surface area contributed by atoms with Gasteiger partial charge in [0.25, 0.3) is 0 Å². The van der Waals surface area contributed by atoms with Crippen LogP contribution in [0.2, 0.25) is 0 Å². The molecule has 2 aliphatic rings. The Morgan fingerprint density at radius 2 is 2.04 bits per heavy atom. The molecule has 0 aliphatic carbocycles. The summed E-state index contributed by atoms with van der Waals surface area (Å²) in [5.74, 6) is 1.36. The van der Waals surface area contributed by atoms with E-state index in [0.29, 0.717) is 31.0 Å². The van der Waals surface area contributed by atoms with Crippen molar-refractivity contribution in [3.05, 3.63) is 47.0 Å². The number of fused-ring (bicyclic) bond motifs is 1. The molecule has 0 saturated carbocycles. The first kappa shape index (κ1) is 18.7. The highest BCUT2D eigenvalue weighted by molar-refractivity contribution is 5.70. The second-order valence-electron chi connectivity index (χ2n) is 7.99. The lowest BCUT2D eigenvalue weighted by atomic mass is 9.89. The molecule has 2 N–H and O–H groups in total. The highest BCUT2D eigenvalue weighted by atomic mass is 16.5. The molecule has 2 aromatic rings. The number of nitriles is 1. The van der Waals surface area contributed by atoms with Crippen LogP contribution in [0, 0.1) is 11.3 Å². The van der Waals surface area contributed by atoms with Crippen molar-refractivity contribution in [2.45, 2.75) is 51.4 Å². The molecule has 4 rings (SSSR count). The second kappa shape index (κ2) is 7.78. The lowest BCUT2D eigenvalue weighted by molar-refractivity contribution is -0.0399. The quantitative estimate of drug-likeness (QED) is 0.814. The minimum absolute atomic E-state index is 0.208. The molecule has 6 nitrogen and oxygen atoms in total. The normalized spacial score (nSPS) is 20.2. The van der Waals surface area contributed by atoms with E-state index >= 15 is 0 Å². The Balaban J connectivity index is 1.72. The Hall–Kier alpha value is -2.62. The zero-order valence-corrected chi connectivity index (χ0v) is 16.4. The zero-order chi connectivity index (χ0) is 19.6. The molecule has 3 heterocycles. The monoisotopic (exact) mass is 378 g/mol. The molecule has 0 bridgehead atoms. The van der Waals surface area contributed by atoms with Crippen LogP contribution >= 0.6 is 0 Å². The van der Waals surface area contributed by atoms with Crippen LogP contribution in [0.4, 0.5) is 17.3 Å². The van der Waals surface area contributed by atoms with E-state index in [9.17, 15) is 5.26 Å². The van der Waals surface area contributed by atoms with Gasteiger partial charge in [-0.2, -0.15) is 5.26 Å². The molecule has 0 radical (unpaired) electrons. The summed E-state index contributed by atoms with van der Waals surface area (Å²) in [5.41, 5.74) is 3.19. The number of pyridine rings is 1. The minimum Gasteiger partial charge on any atom is -0.376 e. The maximum absolute atomic E-state index is 9.90. The van der Waals surface area contributed by atoms with Gasteiger partial charge in [0.2, 0.25) is 0 Å². The van der Waals surface area contributed by atoms with Crippen LogP contribution in [0.5, 0.6) is 0 Å². The van der Waals surface area contributed by atoms with Gasteiger partial charge in [0, 0.05) is 30.8 Å². The van der Waals surface area contributed by atoms with Gasteiger partial charge in [-0.25, -0.2) is 4.98 Å². The summed E-state index contributed by atoms with van der Waals surface area (Å²) in [6, 6.07) is 12.2. The molecule has 1 aromatic carbocycles. The van der Waals surface area contributed by atoms with Crippen LogP contribution in [0.1, 0.15) is 43.4 Å². The van der Waals surface area contributed by atoms with Gasteiger partial charge in [0.1, 0.15) is 11.9 Å². The molecule has 1 saturated heterocycles. The van der Waals surface area contributed by atoms with Gasteiger partial charge in [-0.3, -0.25) is 0 Å². The first-order chi connectivity index (χ1) is 13.6. The minimum atomic E-state index is -0.310. The topological polar surface area (TPSA) is 79.2 Å². The van der Waals surface area contributed by atoms with Gasteiger partial charge < -0.3 is 20.1 Å². The van der Waals surface area contributed by atoms with Crippen molar-refractivity contribution in [2.24, 2.45) is 0 Å². The van der Waals surface area contributed by atoms with Gasteiger partial charge in [-0.1, -0.05) is 18.2 Å². The third-order valence-corrected chi connectivity index (χ3v) is 5.29. The molecule has 146 valence electrons. The van der Waals surface area contributed by atoms with Gasteiger partial charge in [-0.15, -0.1) is 0 Å². The van der Waals surface area contributed by atoms with Crippen LogP contribution in [0.25, 0.3) is 0 Å². The van der Waals surface area contributed by atoms with E-state index in [1.54, 1.807) is 0 Å². The number of hydrogen-bond acceptors (Lipinski definition) is 6. The number of ether oxygens (including phenoxy) is 2. The predicted molar refractivity (Wildman–Crippen MR) is 109 cm³/mol. The lowest BCUT2D eigenvalue weighted by Crippen LogP contribution is -2.33. The van der Waals surface area contributed by atoms with Crippen molar-refractivity contribution in [2.75, 3.05) is 23.8 Å². The summed E-state index contributed by atoms with van der Waals surface area (Å²) in [6.45, 7) is 6.09. The fourth-order valence-electron chi connectivity index (χ4n) is 3.80. The lowest BCUT2D eigenvalue weighted by Gasteiger charge is -2.34. The summed E-state index contributed by atoms with van der Waals surface area (Å²) in [5, 5.41) is 16.7. The highest BCUT2D eigenvalue weighted by Crippen LogP contribution is 2.37. The number of para-hydroxylation sites is 1. The van der Waals surface area contributed by atoms with E-state index < -0.39 is 0 Å². The maximum atomic E-state index is 9.90. The van der Waals surface area contributed by atoms with E-state index in [0.717, 1.165) is 42.1 Å². The Kier molecular flexibility index (Phi) is 5.21. The molecule has 1 aromatic heterocycles. The Labute approximate surface area is 165 Å². The number of hydrogen-bond donors (Lipinski definition) is 2. The first-order valence-corrected chi connectivity index (χ1v) is 9.83. The van der Waals surface area contributed by atoms with E-state index in [-0.39, 0.29) is 11.7 Å². The molecule has 0 amide bonds. The number of benzene rings is 1. The largest absolute Gasteiger partial charge is 0.376 e. The standard InChI is InChI=1S/C22H26N4O2/c1-22(2)11-17-18(12-23)21(25-15-7-4-3-5-8-15)26-20(19(17)14-28-22)24-13-16-9-6-10-27-16/h3-5,7-8,16H,6,9-11,13-14H2,1-2H3,(H2,24,25,26)/t16-/m0/s1. The van der Waals surface area contributed by atoms with Crippen molar-refractivity contribution >= 4 is 17.3 Å². The third-order valence-electron chi connectivity index (χ3n) is 5.29. The number of aromatic nitrogens is 1. The average Bonchev–Trinajstić information content (AvgIpc) is 3.20. The van der Waals surface area contributed by atoms with E-state index in [2.05, 4.69) is 30.6 Å². The molecule has 28 heavy (non-hydrogen) atoms. The van der Waals surface area contributed by atoms with Crippen molar-refractivity contribution in [1.29, 1.82) is 5.26 Å². The van der Waals surface area contributed by atoms with Crippen molar-refractivity contribution < 1.29 is 9.47 Å². The second-order valence-corrected chi connectivity index (χ2v) is 7.99. The smallest absolute Gasteiger partial charge is 0.151 e. The number of rotatable bonds is 5. The molecule has 2 aliphatic heterocycles. The van der Waals surface area contributed by atoms with Gasteiger partial charge in [0.15, 0.2) is 5.82 Å². The Bertz CT molecular complexity index is 884. The van der Waals surface area contributed by atoms with Crippen LogP contribution in [-0.4, -0.2) is 29.8 Å². The molecule has 0 unspecified atom stereocenters. The van der Waals surface area contributed by atoms with Crippen molar-refractivity contribution in [1.82, 2.24) is 4.98 Å². The summed E-state index contributed by atoms with van der Waals surface area (Å²) >= 11 is 0. The maximum Gasteiger partial charge on any atom is 0.151 e. The summed E-state index contributed by atoms with van der Waals surface area (Å²) in [4.78, 5) is 4.78. The van der Waals surface area contributed by atoms with E-state index in [1.807, 2.05) is 30.3 Å². The molecule has 1 atom stereocenters. The highest BCUT2D eigenvalue weighted by Gasteiger charge is 2.32. The number of anilines is 3. The van der Waals surface area contributed by atoms with Crippen LogP contribution in [-0.2, 0) is 22.5 Å². The van der Waals surface area contributed by atoms with Gasteiger partial charge in [-0.05, 0) is 44.4 Å². The average molecular weight is 378 g/mol. The summed E-state index contributed by atoms with van der Waals surface area (Å²) < 4.78 is 11.8. The van der Waals surface area contributed by atoms with Gasteiger partial charge >= 0.3 is 0 Å². The van der Waals surface area contributed by atoms with Crippen LogP contribution in [0.3, 0.4) is 0 Å². The molecular weight excluding hydrogens is 352 g/mol. The molecule has 0 spiro atoms. The Morgan fingerprint density at radius 3 is 2.75 bits per heavy atom. The van der Waals surface area contributed by atoms with Crippen molar-refractivity contribution in [3.8, 4) is 6.07 Å². The summed E-state index contributed by atoms with van der Waals surface area (Å²) in [7, 11) is 0. The van der Waals surface area contributed by atoms with Crippen molar-refractivity contribution in [3.63, 3.8) is 0 Å². The van der Waals surface area contributed by atoms with E-state index in [4.69, 9.17) is 14.5 Å². The number of nitrogens with one attached hydrogen (secondary N) is 2. The fourth-order valence-corrected chi connectivity index (χ4v) is 3.80. The SMILES string of the molecule is CC1(C)Cc2c(C#N)c(Nc3ccccc3)nc(NC[C@@H]3CCCO3)c2CO1. The molecule has 6 heteroatoms. The van der Waals surface area contributed by atoms with Crippen LogP contribution in [0.15, 0.2) is 30.3 Å². The molecule has 1 fully saturated rings. The third kappa shape index (κ3) is 3.96. The Morgan fingerprint density at radius 1 is 1.21 bits per heavy atom. The van der Waals surface area contributed by atoms with E-state index in [1.165, 1.54) is 0 Å². The number of nitrogens with zero attached hydrogens (tertiary/aromatic N) is 2. The first-order valence-electron chi connectivity index (χ1n) is 9.83. The zero-order valence-electron chi connectivity index (χ0n) is 16.4. The molecular formula is C22H26N4O2. The van der Waals surface area contributed by atoms with Gasteiger partial charge in [0.05, 0.1) is 23.9 Å². The fraction of sp³-hybridized carbons (Fsp3) is 0.455. The predicted octanol–water partition coefficient (Wildman–Crippen LogP) is 4.14. The summed E-state index contributed by atoms with van der Waals surface area (Å²) in [6.07, 6.45) is 3.04.